The predicted molar refractivity (Wildman–Crippen MR) is 46.4 cm³/mol. The molecular weight excluding hydrogens is 200 g/mol. The maximum absolute atomic E-state index is 11.2. The van der Waals surface area contributed by atoms with Crippen molar-refractivity contribution in [3.63, 3.8) is 0 Å². The SMILES string of the molecule is C[n+]1noc([O-])c1CNN1CCOCC1. The molecule has 0 spiro atoms. The van der Waals surface area contributed by atoms with Gasteiger partial charge in [-0.3, -0.25) is 0 Å². The van der Waals surface area contributed by atoms with Gasteiger partial charge in [0.1, 0.15) is 0 Å². The minimum Gasteiger partial charge on any atom is -0.539 e. The molecule has 0 aromatic carbocycles. The van der Waals surface area contributed by atoms with Crippen LogP contribution in [0.3, 0.4) is 0 Å². The van der Waals surface area contributed by atoms with E-state index in [4.69, 9.17) is 4.74 Å². The molecule has 0 bridgehead atoms. The van der Waals surface area contributed by atoms with E-state index < -0.39 is 5.95 Å². The van der Waals surface area contributed by atoms with Crippen LogP contribution in [0.2, 0.25) is 0 Å². The van der Waals surface area contributed by atoms with Crippen molar-refractivity contribution in [3.8, 4) is 5.95 Å². The Labute approximate surface area is 87.2 Å². The van der Waals surface area contributed by atoms with Crippen LogP contribution in [0.15, 0.2) is 4.52 Å². The van der Waals surface area contributed by atoms with Gasteiger partial charge >= 0.3 is 0 Å². The fourth-order valence-electron chi connectivity index (χ4n) is 1.43. The van der Waals surface area contributed by atoms with Crippen LogP contribution in [0, 0.1) is 0 Å². The molecule has 0 saturated carbocycles. The van der Waals surface area contributed by atoms with Crippen LogP contribution >= 0.6 is 0 Å². The molecule has 1 aromatic heterocycles. The quantitative estimate of drug-likeness (QED) is 0.581. The van der Waals surface area contributed by atoms with Gasteiger partial charge in [0.05, 0.1) is 25.0 Å². The first-order valence-electron chi connectivity index (χ1n) is 4.85. The largest absolute Gasteiger partial charge is 0.539 e. The molecule has 0 atom stereocenters. The smallest absolute Gasteiger partial charge is 0.248 e. The average molecular weight is 214 g/mol. The standard InChI is InChI=1S/C8H14N4O3/c1-11-7(8(13)15-10-11)6-9-12-2-4-14-5-3-12/h9H,2-6H2,1H3. The van der Waals surface area contributed by atoms with Crippen LogP contribution in [0.5, 0.6) is 5.95 Å². The van der Waals surface area contributed by atoms with E-state index in [1.807, 2.05) is 5.01 Å². The zero-order valence-corrected chi connectivity index (χ0v) is 8.60. The second-order valence-electron chi connectivity index (χ2n) is 3.37. The van der Waals surface area contributed by atoms with E-state index >= 15 is 0 Å². The van der Waals surface area contributed by atoms with Crippen molar-refractivity contribution in [3.05, 3.63) is 5.69 Å². The van der Waals surface area contributed by atoms with Crippen LogP contribution < -0.4 is 15.2 Å². The van der Waals surface area contributed by atoms with Gasteiger partial charge < -0.3 is 14.4 Å². The lowest BCUT2D eigenvalue weighted by Crippen LogP contribution is -2.47. The van der Waals surface area contributed by atoms with E-state index in [-0.39, 0.29) is 0 Å². The summed E-state index contributed by atoms with van der Waals surface area (Å²) in [4.78, 5) is 0. The van der Waals surface area contributed by atoms with E-state index in [0.717, 1.165) is 13.1 Å². The first-order valence-corrected chi connectivity index (χ1v) is 4.85. The Kier molecular flexibility index (Phi) is 3.14. The summed E-state index contributed by atoms with van der Waals surface area (Å²) in [6, 6.07) is 0. The molecular formula is C8H14N4O3. The Hall–Kier alpha value is -1.18. The maximum Gasteiger partial charge on any atom is 0.248 e. The van der Waals surface area contributed by atoms with E-state index in [0.29, 0.717) is 25.5 Å². The number of ether oxygens (including phenoxy) is 1. The van der Waals surface area contributed by atoms with Gasteiger partial charge in [-0.15, -0.1) is 0 Å². The molecule has 1 aliphatic heterocycles. The second kappa shape index (κ2) is 4.56. The number of hydrogen-bond donors (Lipinski definition) is 1. The number of aromatic nitrogens is 2. The minimum atomic E-state index is -0.391. The van der Waals surface area contributed by atoms with E-state index in [2.05, 4.69) is 15.2 Å². The fourth-order valence-corrected chi connectivity index (χ4v) is 1.43. The summed E-state index contributed by atoms with van der Waals surface area (Å²) in [5.41, 5.74) is 3.65. The molecule has 1 fully saturated rings. The molecule has 2 rings (SSSR count). The van der Waals surface area contributed by atoms with Crippen molar-refractivity contribution in [2.75, 3.05) is 26.3 Å². The molecule has 0 unspecified atom stereocenters. The second-order valence-corrected chi connectivity index (χ2v) is 3.37. The molecule has 0 radical (unpaired) electrons. The number of hydrogen-bond acceptors (Lipinski definition) is 6. The third-order valence-electron chi connectivity index (χ3n) is 2.35. The third-order valence-corrected chi connectivity index (χ3v) is 2.35. The summed E-state index contributed by atoms with van der Waals surface area (Å²) in [6.07, 6.45) is 0. The molecule has 1 aliphatic rings. The van der Waals surface area contributed by atoms with Crippen molar-refractivity contribution in [2.45, 2.75) is 6.54 Å². The number of aryl methyl sites for hydroxylation is 1. The highest BCUT2D eigenvalue weighted by Gasteiger charge is 2.15. The van der Waals surface area contributed by atoms with Crippen molar-refractivity contribution in [1.82, 2.24) is 15.7 Å². The zero-order valence-electron chi connectivity index (χ0n) is 8.60. The Morgan fingerprint density at radius 3 is 2.87 bits per heavy atom. The predicted octanol–water partition coefficient (Wildman–Crippen LogP) is -2.09. The Morgan fingerprint density at radius 1 is 1.53 bits per heavy atom. The minimum absolute atomic E-state index is 0.391. The van der Waals surface area contributed by atoms with Gasteiger partial charge in [-0.1, -0.05) is 4.68 Å². The first kappa shape index (κ1) is 10.3. The van der Waals surface area contributed by atoms with E-state index in [1.54, 1.807) is 7.05 Å². The Bertz CT molecular complexity index is 302. The summed E-state index contributed by atoms with van der Waals surface area (Å²) in [5.74, 6) is -0.391. The molecule has 0 amide bonds. The number of nitrogens with one attached hydrogen (secondary N) is 1. The van der Waals surface area contributed by atoms with Gasteiger partial charge in [-0.25, -0.2) is 10.4 Å². The lowest BCUT2D eigenvalue weighted by atomic mass is 10.4. The van der Waals surface area contributed by atoms with Gasteiger partial charge in [0.25, 0.3) is 0 Å². The molecule has 7 heteroatoms. The van der Waals surface area contributed by atoms with Crippen LogP contribution in [0.1, 0.15) is 5.69 Å². The number of rotatable bonds is 3. The van der Waals surface area contributed by atoms with Crippen LogP contribution in [0.4, 0.5) is 0 Å². The molecule has 1 N–H and O–H groups in total. The van der Waals surface area contributed by atoms with Gasteiger partial charge in [0.15, 0.2) is 13.0 Å². The normalized spacial score (nSPS) is 18.2. The Morgan fingerprint density at radius 2 is 2.27 bits per heavy atom. The first-order chi connectivity index (χ1) is 7.27. The van der Waals surface area contributed by atoms with Gasteiger partial charge in [-0.2, -0.15) is 0 Å². The fraction of sp³-hybridized carbons (Fsp3) is 0.750. The van der Waals surface area contributed by atoms with Crippen molar-refractivity contribution >= 4 is 0 Å². The molecule has 1 saturated heterocycles. The van der Waals surface area contributed by atoms with Crippen LogP contribution in [0.25, 0.3) is 0 Å². The topological polar surface area (TPSA) is 77.5 Å². The highest BCUT2D eigenvalue weighted by molar-refractivity contribution is 5.02. The molecule has 15 heavy (non-hydrogen) atoms. The summed E-state index contributed by atoms with van der Waals surface area (Å²) in [7, 11) is 1.68. The van der Waals surface area contributed by atoms with Gasteiger partial charge in [0, 0.05) is 13.1 Å². The number of nitrogens with zero attached hydrogens (tertiary/aromatic N) is 3. The van der Waals surface area contributed by atoms with Crippen molar-refractivity contribution in [2.24, 2.45) is 7.05 Å². The highest BCUT2D eigenvalue weighted by Crippen LogP contribution is 2.05. The number of hydrazine groups is 1. The lowest BCUT2D eigenvalue weighted by molar-refractivity contribution is -0.746. The summed E-state index contributed by atoms with van der Waals surface area (Å²) in [6.45, 7) is 3.51. The molecule has 7 nitrogen and oxygen atoms in total. The molecule has 0 aliphatic carbocycles. The lowest BCUT2D eigenvalue weighted by Gasteiger charge is -2.26. The van der Waals surface area contributed by atoms with Crippen molar-refractivity contribution in [1.29, 1.82) is 0 Å². The van der Waals surface area contributed by atoms with Crippen LogP contribution in [-0.4, -0.2) is 36.6 Å². The van der Waals surface area contributed by atoms with Crippen molar-refractivity contribution < 1.29 is 19.0 Å². The summed E-state index contributed by atoms with van der Waals surface area (Å²) in [5, 5.41) is 16.7. The third kappa shape index (κ3) is 2.44. The molecule has 84 valence electrons. The van der Waals surface area contributed by atoms with Crippen LogP contribution in [-0.2, 0) is 18.3 Å². The van der Waals surface area contributed by atoms with Gasteiger partial charge in [-0.05, 0) is 0 Å². The summed E-state index contributed by atoms with van der Waals surface area (Å²) >= 11 is 0. The average Bonchev–Trinajstić information content (AvgIpc) is 2.58. The highest BCUT2D eigenvalue weighted by atomic mass is 16.6. The van der Waals surface area contributed by atoms with E-state index in [1.165, 1.54) is 4.68 Å². The Balaban J connectivity index is 1.87. The summed E-state index contributed by atoms with van der Waals surface area (Å²) < 4.78 is 11.2. The molecule has 1 aromatic rings. The van der Waals surface area contributed by atoms with E-state index in [9.17, 15) is 5.11 Å². The maximum atomic E-state index is 11.2. The zero-order chi connectivity index (χ0) is 10.7. The van der Waals surface area contributed by atoms with Gasteiger partial charge in [0.2, 0.25) is 5.69 Å². The number of morpholine rings is 1. The monoisotopic (exact) mass is 214 g/mol. The molecule has 2 heterocycles.